The van der Waals surface area contributed by atoms with Crippen molar-refractivity contribution in [1.29, 1.82) is 0 Å². The van der Waals surface area contributed by atoms with Gasteiger partial charge in [-0.05, 0) is 24.8 Å². The first-order valence-electron chi connectivity index (χ1n) is 9.25. The fourth-order valence-corrected chi connectivity index (χ4v) is 4.75. The molecule has 0 unspecified atom stereocenters. The number of fused-ring (bicyclic) bond motifs is 1. The predicted molar refractivity (Wildman–Crippen MR) is 99.2 cm³/mol. The minimum absolute atomic E-state index is 0.176. The predicted octanol–water partition coefficient (Wildman–Crippen LogP) is 3.16. The van der Waals surface area contributed by atoms with Crippen molar-refractivity contribution in [2.24, 2.45) is 5.92 Å². The van der Waals surface area contributed by atoms with Crippen LogP contribution in [0.25, 0.3) is 0 Å². The van der Waals surface area contributed by atoms with Crippen LogP contribution in [-0.4, -0.2) is 32.7 Å². The fraction of sp³-hybridized carbons (Fsp3) is 0.526. The number of furan rings is 1. The van der Waals surface area contributed by atoms with E-state index in [1.807, 2.05) is 6.07 Å². The second kappa shape index (κ2) is 7.70. The second-order valence-corrected chi connectivity index (χ2v) is 8.14. The number of carbonyl (C=O) groups is 1. The molecule has 0 bridgehead atoms. The van der Waals surface area contributed by atoms with E-state index < -0.39 is 0 Å². The smallest absolute Gasteiger partial charge is 0.267 e. The highest BCUT2D eigenvalue weighted by atomic mass is 32.2. The van der Waals surface area contributed by atoms with E-state index in [9.17, 15) is 9.59 Å². The molecule has 2 aromatic rings. The third-order valence-corrected chi connectivity index (χ3v) is 6.20. The van der Waals surface area contributed by atoms with Crippen molar-refractivity contribution in [2.45, 2.75) is 50.4 Å². The van der Waals surface area contributed by atoms with Gasteiger partial charge < -0.3 is 9.32 Å². The van der Waals surface area contributed by atoms with Crippen molar-refractivity contribution < 1.29 is 9.21 Å². The molecule has 4 rings (SSSR count). The van der Waals surface area contributed by atoms with Gasteiger partial charge in [0.05, 0.1) is 12.5 Å². The zero-order valence-electron chi connectivity index (χ0n) is 14.7. The highest BCUT2D eigenvalue weighted by molar-refractivity contribution is 7.99. The number of rotatable bonds is 5. The van der Waals surface area contributed by atoms with Crippen LogP contribution in [0.5, 0.6) is 0 Å². The Morgan fingerprint density at radius 2 is 2.19 bits per heavy atom. The Hall–Kier alpha value is -2.02. The van der Waals surface area contributed by atoms with Gasteiger partial charge in [0.1, 0.15) is 5.56 Å². The van der Waals surface area contributed by atoms with Crippen LogP contribution in [0.2, 0.25) is 0 Å². The highest BCUT2D eigenvalue weighted by Gasteiger charge is 2.26. The average molecular weight is 373 g/mol. The van der Waals surface area contributed by atoms with E-state index in [4.69, 9.17) is 4.42 Å². The van der Waals surface area contributed by atoms with Crippen LogP contribution in [0, 0.1) is 5.92 Å². The van der Waals surface area contributed by atoms with Gasteiger partial charge in [-0.2, -0.15) is 0 Å². The molecule has 1 aliphatic carbocycles. The van der Waals surface area contributed by atoms with Crippen LogP contribution in [0.15, 0.2) is 39.2 Å². The summed E-state index contributed by atoms with van der Waals surface area (Å²) >= 11 is 1.56. The summed E-state index contributed by atoms with van der Waals surface area (Å²) in [5.41, 5.74) is 0.903. The molecule has 2 aliphatic rings. The largest absolute Gasteiger partial charge is 0.472 e. The molecule has 2 aromatic heterocycles. The molecule has 0 aromatic carbocycles. The number of hydrogen-bond acceptors (Lipinski definition) is 5. The topological polar surface area (TPSA) is 68.3 Å². The zero-order valence-corrected chi connectivity index (χ0v) is 15.5. The van der Waals surface area contributed by atoms with Crippen molar-refractivity contribution in [1.82, 2.24) is 14.5 Å². The lowest BCUT2D eigenvalue weighted by molar-refractivity contribution is 0.0695. The normalized spacial score (nSPS) is 17.2. The SMILES string of the molecule is O=C(c1cnc2n(c1=O)CCS2)N(Cc1ccoc1)CC1CCCCC1. The van der Waals surface area contributed by atoms with Crippen LogP contribution in [-0.2, 0) is 13.1 Å². The molecule has 0 N–H and O–H groups in total. The van der Waals surface area contributed by atoms with E-state index in [0.717, 1.165) is 24.2 Å². The van der Waals surface area contributed by atoms with Crippen molar-refractivity contribution in [3.05, 3.63) is 46.3 Å². The second-order valence-electron chi connectivity index (χ2n) is 7.08. The first-order chi connectivity index (χ1) is 12.7. The van der Waals surface area contributed by atoms with Gasteiger partial charge in [-0.25, -0.2) is 4.98 Å². The van der Waals surface area contributed by atoms with Gasteiger partial charge in [-0.1, -0.05) is 31.0 Å². The van der Waals surface area contributed by atoms with Gasteiger partial charge in [0.25, 0.3) is 11.5 Å². The number of thioether (sulfide) groups is 1. The Labute approximate surface area is 156 Å². The first-order valence-corrected chi connectivity index (χ1v) is 10.2. The van der Waals surface area contributed by atoms with Crippen molar-refractivity contribution in [3.63, 3.8) is 0 Å². The van der Waals surface area contributed by atoms with Crippen molar-refractivity contribution in [2.75, 3.05) is 12.3 Å². The molecule has 0 radical (unpaired) electrons. The summed E-state index contributed by atoms with van der Waals surface area (Å²) < 4.78 is 6.78. The Kier molecular flexibility index (Phi) is 5.15. The first kappa shape index (κ1) is 17.4. The lowest BCUT2D eigenvalue weighted by Crippen LogP contribution is -2.39. The average Bonchev–Trinajstić information content (AvgIpc) is 3.34. The maximum atomic E-state index is 13.2. The maximum absolute atomic E-state index is 13.2. The Bertz CT molecular complexity index is 825. The summed E-state index contributed by atoms with van der Waals surface area (Å²) in [4.78, 5) is 32.1. The Balaban J connectivity index is 1.60. The van der Waals surface area contributed by atoms with Gasteiger partial charge in [-0.15, -0.1) is 0 Å². The molecule has 1 saturated carbocycles. The molecule has 138 valence electrons. The third-order valence-electron chi connectivity index (χ3n) is 5.23. The summed E-state index contributed by atoms with van der Waals surface area (Å²) in [6.45, 7) is 1.76. The van der Waals surface area contributed by atoms with Gasteiger partial charge in [0, 0.05) is 37.1 Å². The van der Waals surface area contributed by atoms with Gasteiger partial charge in [0.2, 0.25) is 0 Å². The minimum atomic E-state index is -0.221. The number of carbonyl (C=O) groups excluding carboxylic acids is 1. The molecule has 1 amide bonds. The van der Waals surface area contributed by atoms with Crippen LogP contribution >= 0.6 is 11.8 Å². The molecule has 26 heavy (non-hydrogen) atoms. The molecule has 1 fully saturated rings. The van der Waals surface area contributed by atoms with Crippen LogP contribution in [0.1, 0.15) is 48.0 Å². The van der Waals surface area contributed by atoms with Crippen molar-refractivity contribution in [3.8, 4) is 0 Å². The summed E-state index contributed by atoms with van der Waals surface area (Å²) in [7, 11) is 0. The molecular formula is C19H23N3O3S. The standard InChI is InChI=1S/C19H23N3O3S/c23-17(16-10-20-19-22(18(16)24)7-9-26-19)21(12-15-6-8-25-13-15)11-14-4-2-1-3-5-14/h6,8,10,13-14H,1-5,7,9,11-12H2. The van der Waals surface area contributed by atoms with Crippen LogP contribution in [0.3, 0.4) is 0 Å². The van der Waals surface area contributed by atoms with E-state index in [1.165, 1.54) is 25.5 Å². The van der Waals surface area contributed by atoms with Crippen molar-refractivity contribution >= 4 is 17.7 Å². The summed E-state index contributed by atoms with van der Waals surface area (Å²) in [5.74, 6) is 1.11. The molecule has 6 nitrogen and oxygen atoms in total. The molecule has 0 atom stereocenters. The summed E-state index contributed by atoms with van der Waals surface area (Å²) in [6, 6.07) is 1.87. The van der Waals surface area contributed by atoms with Gasteiger partial charge >= 0.3 is 0 Å². The third kappa shape index (κ3) is 3.58. The monoisotopic (exact) mass is 373 g/mol. The summed E-state index contributed by atoms with van der Waals surface area (Å²) in [6.07, 6.45) is 10.7. The summed E-state index contributed by atoms with van der Waals surface area (Å²) in [5, 5.41) is 0.709. The molecule has 0 spiro atoms. The van der Waals surface area contributed by atoms with Gasteiger partial charge in [-0.3, -0.25) is 14.2 Å². The van der Waals surface area contributed by atoms with E-state index in [2.05, 4.69) is 4.98 Å². The quantitative estimate of drug-likeness (QED) is 0.753. The van der Waals surface area contributed by atoms with E-state index >= 15 is 0 Å². The van der Waals surface area contributed by atoms with E-state index in [-0.39, 0.29) is 17.0 Å². The van der Waals surface area contributed by atoms with E-state index in [1.54, 1.807) is 33.8 Å². The highest BCUT2D eigenvalue weighted by Crippen LogP contribution is 2.26. The molecule has 1 aliphatic heterocycles. The van der Waals surface area contributed by atoms with Crippen LogP contribution in [0.4, 0.5) is 0 Å². The lowest BCUT2D eigenvalue weighted by Gasteiger charge is -2.29. The lowest BCUT2D eigenvalue weighted by atomic mass is 9.89. The van der Waals surface area contributed by atoms with Crippen LogP contribution < -0.4 is 5.56 Å². The molecular weight excluding hydrogens is 350 g/mol. The Morgan fingerprint density at radius 3 is 2.96 bits per heavy atom. The minimum Gasteiger partial charge on any atom is -0.472 e. The number of aromatic nitrogens is 2. The fourth-order valence-electron chi connectivity index (χ4n) is 3.84. The number of nitrogens with zero attached hydrogens (tertiary/aromatic N) is 3. The Morgan fingerprint density at radius 1 is 1.35 bits per heavy atom. The van der Waals surface area contributed by atoms with E-state index in [0.29, 0.717) is 30.7 Å². The molecule has 7 heteroatoms. The number of hydrogen-bond donors (Lipinski definition) is 0. The number of amides is 1. The molecule has 3 heterocycles. The molecule has 0 saturated heterocycles. The maximum Gasteiger partial charge on any atom is 0.267 e. The van der Waals surface area contributed by atoms with Gasteiger partial charge in [0.15, 0.2) is 5.16 Å². The zero-order chi connectivity index (χ0) is 17.9.